The van der Waals surface area contributed by atoms with Crippen LogP contribution < -0.4 is 14.0 Å². The Labute approximate surface area is 53.4 Å². The Hall–Kier alpha value is 0.609. The molecule has 1 radical (unpaired) electrons. The molecule has 0 aromatic carbocycles. The molecule has 0 aliphatic heterocycles. The summed E-state index contributed by atoms with van der Waals surface area (Å²) in [6.07, 6.45) is 0. The monoisotopic (exact) mass is 182 g/mol. The first-order valence-electron chi connectivity index (χ1n) is 0.463. The summed E-state index contributed by atoms with van der Waals surface area (Å²) in [5.41, 5.74) is 0. The van der Waals surface area contributed by atoms with E-state index < -0.39 is 10.8 Å². The van der Waals surface area contributed by atoms with E-state index in [0.29, 0.717) is 0 Å². The van der Waals surface area contributed by atoms with Gasteiger partial charge in [-0.2, -0.15) is 0 Å². The zero-order valence-corrected chi connectivity index (χ0v) is 4.60. The molecule has 0 saturated carbocycles. The van der Waals surface area contributed by atoms with Gasteiger partial charge in [0.15, 0.2) is 0 Å². The molecule has 0 unspecified atom stereocenters. The van der Waals surface area contributed by atoms with Gasteiger partial charge in [-0.05, 0) is 0 Å². The Bertz CT molecular complexity index is 12.8. The van der Waals surface area contributed by atoms with Gasteiger partial charge in [0.05, 0.1) is 10.8 Å². The third-order valence-corrected chi connectivity index (χ3v) is 0. The van der Waals surface area contributed by atoms with E-state index in [1.54, 1.807) is 0 Å². The van der Waals surface area contributed by atoms with E-state index in [2.05, 4.69) is 0 Å². The fourth-order valence-electron chi connectivity index (χ4n) is 0. The average Bonchev–Trinajstić information content (AvgIpc) is 0.811. The predicted octanol–water partition coefficient (Wildman–Crippen LogP) is -5.22. The first-order valence-corrected chi connectivity index (χ1v) is 1.39. The minimum Gasteiger partial charge on any atom is -0.412 e. The van der Waals surface area contributed by atoms with Crippen LogP contribution in [0.4, 0.5) is 0 Å². The van der Waals surface area contributed by atoms with Gasteiger partial charge in [0.1, 0.15) is 0 Å². The molecule has 51 valence electrons. The van der Waals surface area contributed by atoms with Crippen molar-refractivity contribution in [3.8, 4) is 0 Å². The molecular formula is H4ClCuO5+. The van der Waals surface area contributed by atoms with Crippen molar-refractivity contribution in [2.45, 2.75) is 0 Å². The maximum absolute atomic E-state index is 8.41. The van der Waals surface area contributed by atoms with E-state index >= 15 is 0 Å². The fourth-order valence-corrected chi connectivity index (χ4v) is 0. The summed E-state index contributed by atoms with van der Waals surface area (Å²) in [4.78, 5) is 0. The summed E-state index contributed by atoms with van der Waals surface area (Å²) in [6.45, 7) is 0. The SMILES string of the molecule is O.O.[Cu+2].[O-][Cl+2]([O-])[O-]. The molecule has 0 aromatic heterocycles. The van der Waals surface area contributed by atoms with Crippen LogP contribution >= 0.6 is 0 Å². The average molecular weight is 183 g/mol. The quantitative estimate of drug-likeness (QED) is 0.347. The Balaban J connectivity index is -0.0000000150. The minimum atomic E-state index is -2.85. The van der Waals surface area contributed by atoms with Crippen LogP contribution in [0.5, 0.6) is 0 Å². The Morgan fingerprint density at radius 3 is 0.857 bits per heavy atom. The second-order valence-corrected chi connectivity index (χ2v) is 0.567. The normalized spacial score (nSPS) is 5.14. The molecular weight excluding hydrogens is 179 g/mol. The van der Waals surface area contributed by atoms with E-state index in [9.17, 15) is 0 Å². The molecule has 0 heterocycles. The van der Waals surface area contributed by atoms with Crippen LogP contribution in [0.3, 0.4) is 0 Å². The number of rotatable bonds is 0. The van der Waals surface area contributed by atoms with Gasteiger partial charge in [0, 0.05) is 0 Å². The zero-order valence-electron chi connectivity index (χ0n) is 2.90. The smallest absolute Gasteiger partial charge is 0.412 e. The molecule has 0 bridgehead atoms. The van der Waals surface area contributed by atoms with Crippen LogP contribution in [-0.2, 0) is 17.1 Å². The van der Waals surface area contributed by atoms with Crippen LogP contribution in [0.2, 0.25) is 0 Å². The van der Waals surface area contributed by atoms with Crippen molar-refractivity contribution in [2.75, 3.05) is 0 Å². The first-order chi connectivity index (χ1) is 1.73. The van der Waals surface area contributed by atoms with Crippen molar-refractivity contribution in [3.63, 3.8) is 0 Å². The predicted molar refractivity (Wildman–Crippen MR) is 7.23 cm³/mol. The summed E-state index contributed by atoms with van der Waals surface area (Å²) in [5.74, 6) is 0. The summed E-state index contributed by atoms with van der Waals surface area (Å²) in [5, 5.41) is 0. The summed E-state index contributed by atoms with van der Waals surface area (Å²) in [6, 6.07) is 0. The van der Waals surface area contributed by atoms with Gasteiger partial charge in [-0.3, -0.25) is 0 Å². The molecule has 0 fully saturated rings. The molecule has 0 amide bonds. The molecule has 0 saturated heterocycles. The fraction of sp³-hybridized carbons (Fsp3) is 0. The maximum Gasteiger partial charge on any atom is 2.00 e. The largest absolute Gasteiger partial charge is 2.00 e. The van der Waals surface area contributed by atoms with E-state index in [1.165, 1.54) is 0 Å². The zero-order chi connectivity index (χ0) is 3.58. The standard InChI is InChI=1S/ClO3.Cu.2H2O/c2-1(3)4;;;/h;;2*1H2/q-1;+2;;. The van der Waals surface area contributed by atoms with E-state index in [4.69, 9.17) is 14.0 Å². The molecule has 0 aliphatic carbocycles. The van der Waals surface area contributed by atoms with Crippen LogP contribution in [-0.4, -0.2) is 11.0 Å². The Morgan fingerprint density at radius 1 is 0.857 bits per heavy atom. The van der Waals surface area contributed by atoms with E-state index in [1.807, 2.05) is 0 Å². The summed E-state index contributed by atoms with van der Waals surface area (Å²) < 4.78 is 25.2. The topological polar surface area (TPSA) is 132 Å². The van der Waals surface area contributed by atoms with Gasteiger partial charge in [-0.25, -0.2) is 0 Å². The van der Waals surface area contributed by atoms with Gasteiger partial charge < -0.3 is 24.9 Å². The van der Waals surface area contributed by atoms with Gasteiger partial charge in [0.25, 0.3) is 0 Å². The third kappa shape index (κ3) is 378. The van der Waals surface area contributed by atoms with Crippen molar-refractivity contribution < 1.29 is 52.8 Å². The first kappa shape index (κ1) is 25.5. The minimum absolute atomic E-state index is 0. The molecule has 0 rings (SSSR count). The van der Waals surface area contributed by atoms with Crippen molar-refractivity contribution in [2.24, 2.45) is 0 Å². The van der Waals surface area contributed by atoms with Crippen LogP contribution in [0.15, 0.2) is 0 Å². The number of hydrogen-bond donors (Lipinski definition) is 0. The van der Waals surface area contributed by atoms with Crippen LogP contribution in [0.1, 0.15) is 0 Å². The third-order valence-electron chi connectivity index (χ3n) is 0. The van der Waals surface area contributed by atoms with Crippen molar-refractivity contribution >= 4 is 0 Å². The molecule has 5 nitrogen and oxygen atoms in total. The molecule has 0 aliphatic rings. The Kier molecular flexibility index (Phi) is 58.2. The van der Waals surface area contributed by atoms with E-state index in [-0.39, 0.29) is 28.0 Å². The Morgan fingerprint density at radius 2 is 0.857 bits per heavy atom. The number of hydrogen-bond acceptors (Lipinski definition) is 3. The number of halogens is 1. The summed E-state index contributed by atoms with van der Waals surface area (Å²) in [7, 11) is -2.85. The van der Waals surface area contributed by atoms with Crippen molar-refractivity contribution in [1.82, 2.24) is 0 Å². The van der Waals surface area contributed by atoms with Crippen LogP contribution in [0, 0.1) is 10.8 Å². The van der Waals surface area contributed by atoms with Crippen LogP contribution in [0.25, 0.3) is 0 Å². The van der Waals surface area contributed by atoms with Gasteiger partial charge in [-0.1, -0.05) is 0 Å². The second kappa shape index (κ2) is 16.0. The molecule has 4 N–H and O–H groups in total. The molecule has 0 spiro atoms. The van der Waals surface area contributed by atoms with Crippen molar-refractivity contribution in [3.05, 3.63) is 0 Å². The van der Waals surface area contributed by atoms with Crippen molar-refractivity contribution in [1.29, 1.82) is 0 Å². The summed E-state index contributed by atoms with van der Waals surface area (Å²) >= 11 is 0. The van der Waals surface area contributed by atoms with Gasteiger partial charge >= 0.3 is 17.1 Å². The molecule has 0 atom stereocenters. The van der Waals surface area contributed by atoms with E-state index in [0.717, 1.165) is 0 Å². The molecule has 7 heteroatoms. The van der Waals surface area contributed by atoms with Gasteiger partial charge in [-0.15, -0.1) is 0 Å². The second-order valence-electron chi connectivity index (χ2n) is 0.189. The molecule has 7 heavy (non-hydrogen) atoms. The van der Waals surface area contributed by atoms with Gasteiger partial charge in [0.2, 0.25) is 0 Å². The molecule has 0 aromatic rings. The maximum atomic E-state index is 8.41.